The number of rotatable bonds is 8. The second-order valence-electron chi connectivity index (χ2n) is 8.79. The van der Waals surface area contributed by atoms with Crippen molar-refractivity contribution < 1.29 is 14.0 Å². The van der Waals surface area contributed by atoms with Gasteiger partial charge < -0.3 is 14.8 Å². The topological polar surface area (TPSA) is 80.1 Å². The Morgan fingerprint density at radius 2 is 1.77 bits per heavy atom. The van der Waals surface area contributed by atoms with E-state index in [4.69, 9.17) is 0 Å². The van der Waals surface area contributed by atoms with Crippen molar-refractivity contribution in [2.24, 2.45) is 7.05 Å². The Hall–Kier alpha value is -3.20. The Morgan fingerprint density at radius 1 is 1.09 bits per heavy atom. The van der Waals surface area contributed by atoms with E-state index in [1.165, 1.54) is 47.3 Å². The van der Waals surface area contributed by atoms with Gasteiger partial charge in [-0.1, -0.05) is 61.4 Å². The zero-order chi connectivity index (χ0) is 24.8. The first-order chi connectivity index (χ1) is 16.9. The van der Waals surface area contributed by atoms with Crippen LogP contribution in [0.4, 0.5) is 10.1 Å². The van der Waals surface area contributed by atoms with Crippen LogP contribution in [-0.4, -0.2) is 44.4 Å². The highest BCUT2D eigenvalue weighted by Crippen LogP contribution is 2.28. The van der Waals surface area contributed by atoms with E-state index in [1.54, 1.807) is 6.92 Å². The molecular formula is C26H30FN5O2S. The molecule has 1 fully saturated rings. The molecule has 2 aromatic carbocycles. The molecule has 1 aromatic heterocycles. The van der Waals surface area contributed by atoms with Gasteiger partial charge in [0.15, 0.2) is 11.0 Å². The smallest absolute Gasteiger partial charge is 0.240 e. The molecule has 0 aliphatic heterocycles. The number of aromatic nitrogens is 3. The molecule has 0 radical (unpaired) electrons. The van der Waals surface area contributed by atoms with Crippen LogP contribution in [0.15, 0.2) is 59.8 Å². The molecule has 1 atom stereocenters. The van der Waals surface area contributed by atoms with Gasteiger partial charge in [-0.05, 0) is 44.0 Å². The summed E-state index contributed by atoms with van der Waals surface area (Å²) in [6, 6.07) is 15.5. The Labute approximate surface area is 209 Å². The minimum atomic E-state index is -0.547. The summed E-state index contributed by atoms with van der Waals surface area (Å²) in [5.41, 5.74) is 1.41. The molecule has 1 aliphatic carbocycles. The standard InChI is InChI=1S/C26H30FN5O2S/c1-18(35-26-30-29-24(31(26)2)19-9-5-3-6-10-19)25(34)32(22-15-13-20(27)14-16-22)17-23(33)28-21-11-7-4-8-12-21/h3,5-6,9-10,13-16,18,21H,4,7-8,11-12,17H2,1-2H3,(H,28,33)/t18-/m1/s1. The lowest BCUT2D eigenvalue weighted by Crippen LogP contribution is -2.46. The monoisotopic (exact) mass is 495 g/mol. The number of amides is 2. The molecule has 184 valence electrons. The lowest BCUT2D eigenvalue weighted by Gasteiger charge is -2.27. The highest BCUT2D eigenvalue weighted by atomic mass is 32.2. The van der Waals surface area contributed by atoms with Crippen LogP contribution in [0.5, 0.6) is 0 Å². The molecule has 0 spiro atoms. The summed E-state index contributed by atoms with van der Waals surface area (Å²) in [7, 11) is 1.86. The van der Waals surface area contributed by atoms with Gasteiger partial charge >= 0.3 is 0 Å². The van der Waals surface area contributed by atoms with E-state index in [9.17, 15) is 14.0 Å². The van der Waals surface area contributed by atoms with E-state index < -0.39 is 11.1 Å². The van der Waals surface area contributed by atoms with Crippen LogP contribution in [-0.2, 0) is 16.6 Å². The van der Waals surface area contributed by atoms with Gasteiger partial charge in [0, 0.05) is 24.3 Å². The first kappa shape index (κ1) is 24.9. The molecule has 7 nitrogen and oxygen atoms in total. The highest BCUT2D eigenvalue weighted by molar-refractivity contribution is 8.00. The number of halogens is 1. The molecule has 3 aromatic rings. The number of hydrogen-bond acceptors (Lipinski definition) is 5. The van der Waals surface area contributed by atoms with Gasteiger partial charge in [0.05, 0.1) is 5.25 Å². The first-order valence-electron chi connectivity index (χ1n) is 11.9. The number of hydrogen-bond donors (Lipinski definition) is 1. The number of carbonyl (C=O) groups is 2. The van der Waals surface area contributed by atoms with Crippen molar-refractivity contribution in [2.45, 2.75) is 55.5 Å². The summed E-state index contributed by atoms with van der Waals surface area (Å²) in [5, 5.41) is 11.7. The van der Waals surface area contributed by atoms with Gasteiger partial charge in [0.25, 0.3) is 0 Å². The third-order valence-corrected chi connectivity index (χ3v) is 7.29. The highest BCUT2D eigenvalue weighted by Gasteiger charge is 2.28. The molecular weight excluding hydrogens is 465 g/mol. The molecule has 2 amide bonds. The quantitative estimate of drug-likeness (QED) is 0.463. The van der Waals surface area contributed by atoms with Gasteiger partial charge in [-0.25, -0.2) is 4.39 Å². The number of nitrogens with one attached hydrogen (secondary N) is 1. The lowest BCUT2D eigenvalue weighted by atomic mass is 9.95. The van der Waals surface area contributed by atoms with Gasteiger partial charge in [-0.3, -0.25) is 9.59 Å². The first-order valence-corrected chi connectivity index (χ1v) is 12.8. The maximum atomic E-state index is 13.6. The fourth-order valence-corrected chi connectivity index (χ4v) is 5.14. The van der Waals surface area contributed by atoms with Crippen LogP contribution in [0.3, 0.4) is 0 Å². The molecule has 1 saturated carbocycles. The van der Waals surface area contributed by atoms with Crippen molar-refractivity contribution in [3.8, 4) is 11.4 Å². The molecule has 9 heteroatoms. The van der Waals surface area contributed by atoms with Crippen LogP contribution in [0.1, 0.15) is 39.0 Å². The second-order valence-corrected chi connectivity index (χ2v) is 10.1. The zero-order valence-electron chi connectivity index (χ0n) is 20.0. The molecule has 0 saturated heterocycles. The molecule has 1 N–H and O–H groups in total. The third kappa shape index (κ3) is 6.28. The Bertz CT molecular complexity index is 1150. The Morgan fingerprint density at radius 3 is 2.46 bits per heavy atom. The summed E-state index contributed by atoms with van der Waals surface area (Å²) in [4.78, 5) is 27.8. The minimum Gasteiger partial charge on any atom is -0.352 e. The maximum Gasteiger partial charge on any atom is 0.240 e. The van der Waals surface area contributed by atoms with Crippen LogP contribution < -0.4 is 10.2 Å². The Balaban J connectivity index is 1.49. The van der Waals surface area contributed by atoms with E-state index >= 15 is 0 Å². The van der Waals surface area contributed by atoms with E-state index in [0.29, 0.717) is 16.7 Å². The fourth-order valence-electron chi connectivity index (χ4n) is 4.27. The maximum absolute atomic E-state index is 13.6. The summed E-state index contributed by atoms with van der Waals surface area (Å²) < 4.78 is 15.4. The molecule has 0 bridgehead atoms. The van der Waals surface area contributed by atoms with E-state index in [-0.39, 0.29) is 24.4 Å². The molecule has 1 aliphatic rings. The number of carbonyl (C=O) groups excluding carboxylic acids is 2. The summed E-state index contributed by atoms with van der Waals surface area (Å²) in [6.07, 6.45) is 5.30. The van der Waals surface area contributed by atoms with Crippen molar-refractivity contribution in [3.63, 3.8) is 0 Å². The van der Waals surface area contributed by atoms with E-state index in [2.05, 4.69) is 15.5 Å². The van der Waals surface area contributed by atoms with Gasteiger partial charge in [0.2, 0.25) is 11.8 Å². The SMILES string of the molecule is C[C@@H](Sc1nnc(-c2ccccc2)n1C)C(=O)N(CC(=O)NC1CCCCC1)c1ccc(F)cc1. The van der Waals surface area contributed by atoms with E-state index in [1.807, 2.05) is 41.9 Å². The predicted molar refractivity (Wildman–Crippen MR) is 136 cm³/mol. The average Bonchev–Trinajstić information content (AvgIpc) is 3.23. The summed E-state index contributed by atoms with van der Waals surface area (Å²) in [5.74, 6) is -0.167. The van der Waals surface area contributed by atoms with Crippen molar-refractivity contribution in [2.75, 3.05) is 11.4 Å². The molecule has 35 heavy (non-hydrogen) atoms. The normalized spacial score (nSPS) is 14.9. The largest absolute Gasteiger partial charge is 0.352 e. The zero-order valence-corrected chi connectivity index (χ0v) is 20.8. The third-order valence-electron chi connectivity index (χ3n) is 6.17. The molecule has 1 heterocycles. The molecule has 4 rings (SSSR count). The number of thioether (sulfide) groups is 1. The minimum absolute atomic E-state index is 0.125. The number of benzene rings is 2. The second kappa shape index (κ2) is 11.5. The van der Waals surface area contributed by atoms with Crippen LogP contribution in [0.25, 0.3) is 11.4 Å². The van der Waals surface area contributed by atoms with Gasteiger partial charge in [-0.2, -0.15) is 0 Å². The lowest BCUT2D eigenvalue weighted by molar-refractivity contribution is -0.124. The van der Waals surface area contributed by atoms with Gasteiger partial charge in [-0.15, -0.1) is 10.2 Å². The summed E-state index contributed by atoms with van der Waals surface area (Å²) >= 11 is 1.28. The van der Waals surface area contributed by atoms with Crippen molar-refractivity contribution in [1.29, 1.82) is 0 Å². The number of nitrogens with zero attached hydrogens (tertiary/aromatic N) is 4. The Kier molecular flexibility index (Phi) is 8.17. The van der Waals surface area contributed by atoms with Crippen LogP contribution in [0.2, 0.25) is 0 Å². The molecule has 0 unspecified atom stereocenters. The van der Waals surface area contributed by atoms with E-state index in [0.717, 1.165) is 31.2 Å². The van der Waals surface area contributed by atoms with Crippen molar-refractivity contribution in [3.05, 3.63) is 60.4 Å². The van der Waals surface area contributed by atoms with Crippen molar-refractivity contribution >= 4 is 29.3 Å². The fraction of sp³-hybridized carbons (Fsp3) is 0.385. The van der Waals surface area contributed by atoms with Gasteiger partial charge in [0.1, 0.15) is 12.4 Å². The summed E-state index contributed by atoms with van der Waals surface area (Å²) in [6.45, 7) is 1.65. The van der Waals surface area contributed by atoms with Crippen molar-refractivity contribution in [1.82, 2.24) is 20.1 Å². The predicted octanol–water partition coefficient (Wildman–Crippen LogP) is 4.58. The average molecular weight is 496 g/mol. The van der Waals surface area contributed by atoms with Crippen LogP contribution >= 0.6 is 11.8 Å². The van der Waals surface area contributed by atoms with Crippen LogP contribution in [0, 0.1) is 5.82 Å². The number of anilines is 1.